The summed E-state index contributed by atoms with van der Waals surface area (Å²) < 4.78 is 12.2. The van der Waals surface area contributed by atoms with Gasteiger partial charge in [-0.05, 0) is 99.7 Å². The maximum atomic E-state index is 14.1. The lowest BCUT2D eigenvalue weighted by Gasteiger charge is -2.53. The van der Waals surface area contributed by atoms with Crippen LogP contribution in [-0.4, -0.2) is 34.2 Å². The molecule has 1 aromatic heterocycles. The summed E-state index contributed by atoms with van der Waals surface area (Å²) in [7, 11) is 0. The first-order chi connectivity index (χ1) is 18.7. The summed E-state index contributed by atoms with van der Waals surface area (Å²) >= 11 is 6.20. The van der Waals surface area contributed by atoms with Crippen molar-refractivity contribution in [1.29, 1.82) is 0 Å². The van der Waals surface area contributed by atoms with Gasteiger partial charge in [0.15, 0.2) is 6.10 Å². The minimum atomic E-state index is -0.771. The van der Waals surface area contributed by atoms with Crippen LogP contribution < -0.4 is 10.4 Å². The van der Waals surface area contributed by atoms with E-state index in [9.17, 15) is 14.7 Å². The number of aryl methyl sites for hydroxylation is 2. The average molecular weight is 550 g/mol. The van der Waals surface area contributed by atoms with Crippen molar-refractivity contribution in [1.82, 2.24) is 4.90 Å². The Hall–Kier alpha value is -2.83. The van der Waals surface area contributed by atoms with E-state index in [-0.39, 0.29) is 23.5 Å². The number of fused-ring (bicyclic) bond motifs is 4. The fraction of sp³-hybridized carbons (Fsp3) is 0.500. The van der Waals surface area contributed by atoms with Crippen molar-refractivity contribution in [2.24, 2.45) is 5.92 Å². The molecule has 2 aliphatic carbocycles. The summed E-state index contributed by atoms with van der Waals surface area (Å²) in [6, 6.07) is 11.2. The lowest BCUT2D eigenvalue weighted by Crippen LogP contribution is -2.58. The van der Waals surface area contributed by atoms with Crippen LogP contribution >= 0.6 is 11.6 Å². The minimum absolute atomic E-state index is 0.0431. The normalized spacial score (nSPS) is 25.6. The Labute approximate surface area is 233 Å². The van der Waals surface area contributed by atoms with E-state index in [0.717, 1.165) is 72.6 Å². The summed E-state index contributed by atoms with van der Waals surface area (Å²) in [5, 5.41) is 13.1. The predicted molar refractivity (Wildman–Crippen MR) is 151 cm³/mol. The average Bonchev–Trinajstić information content (AvgIpc) is 2.92. The van der Waals surface area contributed by atoms with Crippen LogP contribution in [-0.2, 0) is 17.6 Å². The molecular weight excluding hydrogens is 514 g/mol. The van der Waals surface area contributed by atoms with E-state index in [1.54, 1.807) is 6.92 Å². The molecule has 2 aromatic carbocycles. The fourth-order valence-corrected chi connectivity index (χ4v) is 7.36. The van der Waals surface area contributed by atoms with Gasteiger partial charge in [0.1, 0.15) is 11.3 Å². The van der Waals surface area contributed by atoms with Crippen molar-refractivity contribution < 1.29 is 19.1 Å². The van der Waals surface area contributed by atoms with E-state index in [0.29, 0.717) is 35.7 Å². The fourth-order valence-electron chi connectivity index (χ4n) is 7.24. The van der Waals surface area contributed by atoms with Crippen LogP contribution in [0.25, 0.3) is 11.0 Å². The lowest BCUT2D eigenvalue weighted by molar-refractivity contribution is -0.161. The number of amides is 1. The summed E-state index contributed by atoms with van der Waals surface area (Å²) in [6.45, 7) is 4.19. The molecule has 6 nitrogen and oxygen atoms in total. The maximum Gasteiger partial charge on any atom is 0.339 e. The van der Waals surface area contributed by atoms with E-state index in [4.69, 9.17) is 20.8 Å². The SMILES string of the molecule is Cc1cc(O[C@H](C)C(=O)N2CC[C@@]3(O)CCCC[C@@H]3[C@@H]2c2ccc(Cl)cc2)c2c3c(c(=O)oc2c1)CCCC3. The monoisotopic (exact) mass is 549 g/mol. The second kappa shape index (κ2) is 10.3. The van der Waals surface area contributed by atoms with E-state index in [1.807, 2.05) is 48.2 Å². The number of halogens is 1. The zero-order chi connectivity index (χ0) is 27.3. The molecule has 2 heterocycles. The molecule has 6 rings (SSSR count). The molecule has 39 heavy (non-hydrogen) atoms. The van der Waals surface area contributed by atoms with Crippen LogP contribution in [0, 0.1) is 12.8 Å². The number of ether oxygens (including phenoxy) is 1. The zero-order valence-electron chi connectivity index (χ0n) is 22.7. The zero-order valence-corrected chi connectivity index (χ0v) is 23.4. The number of likely N-dealkylation sites (tertiary alicyclic amines) is 1. The van der Waals surface area contributed by atoms with E-state index in [1.165, 1.54) is 0 Å². The summed E-state index contributed by atoms with van der Waals surface area (Å²) in [4.78, 5) is 28.7. The largest absolute Gasteiger partial charge is 0.480 e. The van der Waals surface area contributed by atoms with Gasteiger partial charge in [-0.25, -0.2) is 4.79 Å². The van der Waals surface area contributed by atoms with Gasteiger partial charge in [-0.2, -0.15) is 0 Å². The molecule has 1 amide bonds. The molecule has 3 aliphatic rings. The van der Waals surface area contributed by atoms with Crippen LogP contribution in [0.5, 0.6) is 5.75 Å². The molecule has 2 fully saturated rings. The molecule has 1 aliphatic heterocycles. The first kappa shape index (κ1) is 26.4. The summed E-state index contributed by atoms with van der Waals surface area (Å²) in [6.07, 6.45) is 6.96. The number of piperidine rings is 1. The van der Waals surface area contributed by atoms with Crippen LogP contribution in [0.15, 0.2) is 45.6 Å². The number of carbonyl (C=O) groups is 1. The Morgan fingerprint density at radius 2 is 1.85 bits per heavy atom. The highest BCUT2D eigenvalue weighted by molar-refractivity contribution is 6.30. The molecule has 1 N–H and O–H groups in total. The first-order valence-corrected chi connectivity index (χ1v) is 14.7. The Kier molecular flexibility index (Phi) is 6.96. The van der Waals surface area contributed by atoms with Gasteiger partial charge in [0.05, 0.1) is 17.0 Å². The number of nitrogens with zero attached hydrogens (tertiary/aromatic N) is 1. The molecule has 0 unspecified atom stereocenters. The third-order valence-electron chi connectivity index (χ3n) is 9.14. The molecule has 7 heteroatoms. The van der Waals surface area contributed by atoms with Crippen molar-refractivity contribution in [2.45, 2.75) is 89.4 Å². The number of hydrogen-bond acceptors (Lipinski definition) is 5. The number of hydrogen-bond donors (Lipinski definition) is 1. The quantitative estimate of drug-likeness (QED) is 0.386. The van der Waals surface area contributed by atoms with Gasteiger partial charge in [0, 0.05) is 23.0 Å². The topological polar surface area (TPSA) is 80.0 Å². The third-order valence-corrected chi connectivity index (χ3v) is 9.39. The minimum Gasteiger partial charge on any atom is -0.480 e. The summed E-state index contributed by atoms with van der Waals surface area (Å²) in [5.74, 6) is 0.434. The Bertz CT molecular complexity index is 1460. The van der Waals surface area contributed by atoms with Gasteiger partial charge in [0.25, 0.3) is 5.91 Å². The predicted octanol–water partition coefficient (Wildman–Crippen LogP) is 6.30. The van der Waals surface area contributed by atoms with Gasteiger partial charge in [-0.15, -0.1) is 0 Å². The van der Waals surface area contributed by atoms with Crippen molar-refractivity contribution >= 4 is 28.5 Å². The molecule has 1 saturated carbocycles. The Morgan fingerprint density at radius 1 is 1.10 bits per heavy atom. The van der Waals surface area contributed by atoms with Crippen LogP contribution in [0.3, 0.4) is 0 Å². The van der Waals surface area contributed by atoms with Gasteiger partial charge < -0.3 is 19.2 Å². The number of benzene rings is 2. The second-order valence-electron chi connectivity index (χ2n) is 11.7. The smallest absolute Gasteiger partial charge is 0.339 e. The standard InChI is InChI=1S/C32H36ClNO5/c1-19-17-26(28-23-7-3-4-8-24(23)31(36)39-27(28)18-19)38-20(2)30(35)34-16-15-32(37)14-6-5-9-25(32)29(34)21-10-12-22(33)13-11-21/h10-13,17-18,20,25,29,37H,3-9,14-16H2,1-2H3/t20-,25-,29+,32+/m1/s1. The molecule has 4 atom stereocenters. The Morgan fingerprint density at radius 3 is 2.62 bits per heavy atom. The van der Waals surface area contributed by atoms with Crippen LogP contribution in [0.1, 0.15) is 80.2 Å². The molecule has 0 spiro atoms. The van der Waals surface area contributed by atoms with Crippen LogP contribution in [0.4, 0.5) is 0 Å². The molecule has 206 valence electrons. The number of carbonyl (C=O) groups excluding carboxylic acids is 1. The molecule has 0 bridgehead atoms. The van der Waals surface area contributed by atoms with Gasteiger partial charge in [-0.3, -0.25) is 4.79 Å². The van der Waals surface area contributed by atoms with Gasteiger partial charge in [0.2, 0.25) is 0 Å². The van der Waals surface area contributed by atoms with Crippen molar-refractivity contribution in [3.63, 3.8) is 0 Å². The highest BCUT2D eigenvalue weighted by atomic mass is 35.5. The van der Waals surface area contributed by atoms with Crippen molar-refractivity contribution in [3.05, 3.63) is 74.1 Å². The third kappa shape index (κ3) is 4.76. The van der Waals surface area contributed by atoms with Crippen molar-refractivity contribution in [3.8, 4) is 5.75 Å². The van der Waals surface area contributed by atoms with E-state index in [2.05, 4.69) is 0 Å². The summed E-state index contributed by atoms with van der Waals surface area (Å²) in [5.41, 5.74) is 3.09. The lowest BCUT2D eigenvalue weighted by atomic mass is 9.66. The Balaban J connectivity index is 1.35. The van der Waals surface area contributed by atoms with E-state index < -0.39 is 11.7 Å². The second-order valence-corrected chi connectivity index (χ2v) is 12.1. The first-order valence-electron chi connectivity index (χ1n) is 14.3. The van der Waals surface area contributed by atoms with E-state index >= 15 is 0 Å². The highest BCUT2D eigenvalue weighted by Gasteiger charge is 2.50. The molecular formula is C32H36ClNO5. The maximum absolute atomic E-state index is 14.1. The number of aliphatic hydroxyl groups is 1. The van der Waals surface area contributed by atoms with Gasteiger partial charge >= 0.3 is 5.63 Å². The molecule has 1 saturated heterocycles. The highest BCUT2D eigenvalue weighted by Crippen LogP contribution is 2.49. The number of rotatable bonds is 4. The molecule has 0 radical (unpaired) electrons. The van der Waals surface area contributed by atoms with Crippen LogP contribution in [0.2, 0.25) is 5.02 Å². The van der Waals surface area contributed by atoms with Gasteiger partial charge in [-0.1, -0.05) is 36.6 Å². The molecule has 3 aromatic rings. The van der Waals surface area contributed by atoms with Crippen molar-refractivity contribution in [2.75, 3.05) is 6.54 Å².